The van der Waals surface area contributed by atoms with Gasteiger partial charge in [0.05, 0.1) is 12.7 Å². The average molecular weight is 432 g/mol. The van der Waals surface area contributed by atoms with E-state index in [0.29, 0.717) is 40.5 Å². The first-order valence-electron chi connectivity index (χ1n) is 10.3. The Kier molecular flexibility index (Phi) is 5.01. The molecular formula is C25H20F2N3O2+. The molecule has 32 heavy (non-hydrogen) atoms. The zero-order valence-electron chi connectivity index (χ0n) is 17.3. The lowest BCUT2D eigenvalue weighted by Crippen LogP contribution is -2.44. The van der Waals surface area contributed by atoms with Crippen LogP contribution in [0, 0.1) is 18.6 Å². The molecule has 1 aliphatic heterocycles. The summed E-state index contributed by atoms with van der Waals surface area (Å²) in [7, 11) is 0. The fourth-order valence-corrected chi connectivity index (χ4v) is 3.96. The normalized spacial score (nSPS) is 15.0. The van der Waals surface area contributed by atoms with Gasteiger partial charge in [-0.25, -0.2) is 18.6 Å². The van der Waals surface area contributed by atoms with Crippen LogP contribution < -0.4 is 9.88 Å². The first-order valence-corrected chi connectivity index (χ1v) is 10.3. The Hall–Kier alpha value is -3.87. The van der Waals surface area contributed by atoms with Gasteiger partial charge in [-0.2, -0.15) is 4.57 Å². The summed E-state index contributed by atoms with van der Waals surface area (Å²) in [5, 5.41) is 3.21. The first-order chi connectivity index (χ1) is 15.5. The highest BCUT2D eigenvalue weighted by atomic mass is 19.1. The molecule has 1 unspecified atom stereocenters. The van der Waals surface area contributed by atoms with Gasteiger partial charge >= 0.3 is 11.7 Å². The Labute approximate surface area is 183 Å². The number of carbonyl (C=O) groups excluding carboxylic acids is 1. The molecule has 3 heterocycles. The predicted octanol–water partition coefficient (Wildman–Crippen LogP) is 4.48. The van der Waals surface area contributed by atoms with Crippen molar-refractivity contribution in [2.45, 2.75) is 25.8 Å². The number of nitrogens with zero attached hydrogens (tertiary/aromatic N) is 2. The average Bonchev–Trinajstić information content (AvgIpc) is 3.41. The fourth-order valence-electron chi connectivity index (χ4n) is 3.96. The molecule has 0 radical (unpaired) electrons. The van der Waals surface area contributed by atoms with E-state index in [1.54, 1.807) is 61.7 Å². The zero-order valence-corrected chi connectivity index (χ0v) is 17.3. The maximum Gasteiger partial charge on any atom is 0.359 e. The number of aryl methyl sites for hydroxylation is 1. The minimum Gasteiger partial charge on any atom is -0.469 e. The van der Waals surface area contributed by atoms with Crippen LogP contribution >= 0.6 is 0 Å². The molecule has 2 aromatic carbocycles. The largest absolute Gasteiger partial charge is 0.469 e. The quantitative estimate of drug-likeness (QED) is 0.473. The summed E-state index contributed by atoms with van der Waals surface area (Å²) in [6.45, 7) is 1.67. The molecule has 5 nitrogen and oxygen atoms in total. The zero-order chi connectivity index (χ0) is 22.2. The van der Waals surface area contributed by atoms with Crippen LogP contribution in [-0.2, 0) is 12.8 Å². The minimum absolute atomic E-state index is 0.150. The Morgan fingerprint density at radius 2 is 1.94 bits per heavy atom. The molecule has 7 heteroatoms. The molecule has 0 spiro atoms. The van der Waals surface area contributed by atoms with E-state index in [2.05, 4.69) is 10.3 Å². The summed E-state index contributed by atoms with van der Waals surface area (Å²) in [5.41, 5.74) is 1.98. The van der Waals surface area contributed by atoms with Gasteiger partial charge in [-0.15, -0.1) is 0 Å². The molecule has 0 aliphatic carbocycles. The molecular weight excluding hydrogens is 412 g/mol. The van der Waals surface area contributed by atoms with Gasteiger partial charge in [-0.05, 0) is 42.3 Å². The van der Waals surface area contributed by atoms with Crippen molar-refractivity contribution in [3.63, 3.8) is 0 Å². The van der Waals surface area contributed by atoms with Crippen LogP contribution in [0.3, 0.4) is 0 Å². The molecule has 160 valence electrons. The van der Waals surface area contributed by atoms with Gasteiger partial charge in [0.1, 0.15) is 35.0 Å². The number of rotatable bonds is 5. The molecule has 1 aliphatic rings. The van der Waals surface area contributed by atoms with Crippen molar-refractivity contribution in [2.75, 3.05) is 5.32 Å². The van der Waals surface area contributed by atoms with E-state index in [9.17, 15) is 13.6 Å². The monoisotopic (exact) mass is 432 g/mol. The minimum atomic E-state index is -0.570. The number of hydrogen-bond acceptors (Lipinski definition) is 4. The Balaban J connectivity index is 1.61. The van der Waals surface area contributed by atoms with Crippen LogP contribution in [0.4, 0.5) is 14.6 Å². The Morgan fingerprint density at radius 1 is 1.09 bits per heavy atom. The van der Waals surface area contributed by atoms with E-state index < -0.39 is 11.9 Å². The summed E-state index contributed by atoms with van der Waals surface area (Å²) in [5.74, 6) is 0.173. The van der Waals surface area contributed by atoms with Crippen molar-refractivity contribution in [2.24, 2.45) is 0 Å². The molecule has 0 amide bonds. The smallest absolute Gasteiger partial charge is 0.359 e. The number of anilines is 1. The van der Waals surface area contributed by atoms with Gasteiger partial charge in [0.2, 0.25) is 6.04 Å². The van der Waals surface area contributed by atoms with Crippen molar-refractivity contribution >= 4 is 11.7 Å². The second kappa shape index (κ2) is 8.00. The number of furan rings is 1. The van der Waals surface area contributed by atoms with Gasteiger partial charge in [-0.3, -0.25) is 5.32 Å². The molecule has 2 aromatic heterocycles. The SMILES string of the molecule is Cc1cccc(-c2c[n+]3c(c(Cc4ccccc4F)n2)NC(Cc2ccco2)C3=O)c1F. The summed E-state index contributed by atoms with van der Waals surface area (Å²) >= 11 is 0. The number of hydrogen-bond donors (Lipinski definition) is 1. The van der Waals surface area contributed by atoms with Crippen LogP contribution in [0.5, 0.6) is 0 Å². The third-order valence-electron chi connectivity index (χ3n) is 5.64. The van der Waals surface area contributed by atoms with E-state index >= 15 is 0 Å². The van der Waals surface area contributed by atoms with Crippen LogP contribution in [0.1, 0.15) is 27.4 Å². The van der Waals surface area contributed by atoms with Gasteiger partial charge < -0.3 is 4.42 Å². The highest BCUT2D eigenvalue weighted by Crippen LogP contribution is 2.27. The van der Waals surface area contributed by atoms with Crippen LogP contribution in [0.25, 0.3) is 11.3 Å². The lowest BCUT2D eigenvalue weighted by atomic mass is 10.1. The number of benzene rings is 2. The maximum absolute atomic E-state index is 14.9. The molecule has 0 saturated heterocycles. The van der Waals surface area contributed by atoms with Crippen molar-refractivity contribution in [3.8, 4) is 11.3 Å². The highest BCUT2D eigenvalue weighted by molar-refractivity contribution is 5.82. The molecule has 1 N–H and O–H groups in total. The van der Waals surface area contributed by atoms with Gasteiger partial charge in [0, 0.05) is 12.0 Å². The third kappa shape index (κ3) is 3.56. The number of carbonyl (C=O) groups is 1. The maximum atomic E-state index is 14.9. The van der Waals surface area contributed by atoms with E-state index in [1.807, 2.05) is 0 Å². The van der Waals surface area contributed by atoms with Gasteiger partial charge in [0.25, 0.3) is 0 Å². The number of aromatic nitrogens is 2. The summed E-state index contributed by atoms with van der Waals surface area (Å²) in [6, 6.07) is 14.4. The van der Waals surface area contributed by atoms with Crippen molar-refractivity contribution < 1.29 is 22.6 Å². The molecule has 0 fully saturated rings. The van der Waals surface area contributed by atoms with E-state index in [1.165, 1.54) is 16.8 Å². The van der Waals surface area contributed by atoms with Crippen molar-refractivity contribution in [1.82, 2.24) is 4.98 Å². The fraction of sp³-hybridized carbons (Fsp3) is 0.160. The third-order valence-corrected chi connectivity index (χ3v) is 5.64. The predicted molar refractivity (Wildman–Crippen MR) is 114 cm³/mol. The number of nitrogens with one attached hydrogen (secondary N) is 1. The van der Waals surface area contributed by atoms with Crippen LogP contribution in [0.15, 0.2) is 71.5 Å². The van der Waals surface area contributed by atoms with Crippen molar-refractivity contribution in [1.29, 1.82) is 0 Å². The summed E-state index contributed by atoms with van der Waals surface area (Å²) in [6.07, 6.45) is 3.59. The second-order valence-electron chi connectivity index (χ2n) is 7.81. The molecule has 4 aromatic rings. The van der Waals surface area contributed by atoms with Crippen LogP contribution in [-0.4, -0.2) is 16.9 Å². The van der Waals surface area contributed by atoms with Crippen molar-refractivity contribution in [3.05, 3.63) is 101 Å². The molecule has 1 atom stereocenters. The second-order valence-corrected chi connectivity index (χ2v) is 7.81. The highest BCUT2D eigenvalue weighted by Gasteiger charge is 2.41. The molecule has 0 bridgehead atoms. The number of fused-ring (bicyclic) bond motifs is 1. The Morgan fingerprint density at radius 3 is 2.72 bits per heavy atom. The standard InChI is InChI=1S/C25H19F2N3O2/c1-15-6-4-9-18(23(15)27)22-14-30-24(20(28-22)12-16-7-2-3-10-19(16)26)29-21(25(30)31)13-17-8-5-11-32-17/h2-11,14,21H,12-13H2,1H3/p+1. The summed E-state index contributed by atoms with van der Waals surface area (Å²) < 4.78 is 36.1. The molecule has 5 rings (SSSR count). The Bertz CT molecular complexity index is 1320. The van der Waals surface area contributed by atoms with Gasteiger partial charge in [0.15, 0.2) is 0 Å². The van der Waals surface area contributed by atoms with Crippen LogP contribution in [0.2, 0.25) is 0 Å². The van der Waals surface area contributed by atoms with E-state index in [-0.39, 0.29) is 23.7 Å². The number of halogens is 2. The van der Waals surface area contributed by atoms with E-state index in [0.717, 1.165) is 0 Å². The lowest BCUT2D eigenvalue weighted by Gasteiger charge is -2.09. The van der Waals surface area contributed by atoms with Gasteiger partial charge in [-0.1, -0.05) is 30.3 Å². The lowest BCUT2D eigenvalue weighted by molar-refractivity contribution is -0.552. The first kappa shape index (κ1) is 20.1. The van der Waals surface area contributed by atoms with E-state index in [4.69, 9.17) is 4.42 Å². The topological polar surface area (TPSA) is 59.0 Å². The molecule has 0 saturated carbocycles. The summed E-state index contributed by atoms with van der Waals surface area (Å²) in [4.78, 5) is 17.8.